The molecule has 0 saturated heterocycles. The quantitative estimate of drug-likeness (QED) is 0.347. The molecule has 0 unspecified atom stereocenters. The molecule has 0 aromatic rings. The van der Waals surface area contributed by atoms with Crippen molar-refractivity contribution in [3.63, 3.8) is 0 Å². The predicted molar refractivity (Wildman–Crippen MR) is 80.6 cm³/mol. The lowest BCUT2D eigenvalue weighted by molar-refractivity contribution is -0.154. The van der Waals surface area contributed by atoms with E-state index in [0.717, 1.165) is 0 Å². The molecule has 102 valence electrons. The van der Waals surface area contributed by atoms with Crippen LogP contribution >= 0.6 is 24.0 Å². The van der Waals surface area contributed by atoms with Crippen molar-refractivity contribution >= 4 is 35.9 Å². The lowest BCUT2D eigenvalue weighted by atomic mass is 10.2. The third kappa shape index (κ3) is 13.4. The Kier molecular flexibility index (Phi) is 9.46. The third-order valence-corrected chi connectivity index (χ3v) is 1.45. The van der Waals surface area contributed by atoms with Gasteiger partial charge in [-0.2, -0.15) is 0 Å². The minimum Gasteiger partial charge on any atom is -0.460 e. The van der Waals surface area contributed by atoms with Crippen molar-refractivity contribution in [2.75, 3.05) is 6.54 Å². The summed E-state index contributed by atoms with van der Waals surface area (Å²) in [5.41, 5.74) is 5.13. The summed E-state index contributed by atoms with van der Waals surface area (Å²) in [6.45, 7) is 9.79. The van der Waals surface area contributed by atoms with E-state index in [-0.39, 0.29) is 42.4 Å². The SMILES string of the molecule is CC(C)NC(N)=NCCC(=O)OC(C)(C)C.I. The normalized spacial score (nSPS) is 12.0. The second-order valence-corrected chi connectivity index (χ2v) is 4.90. The van der Waals surface area contributed by atoms with Gasteiger partial charge in [0, 0.05) is 6.04 Å². The van der Waals surface area contributed by atoms with Gasteiger partial charge < -0.3 is 15.8 Å². The van der Waals surface area contributed by atoms with Crippen LogP contribution in [-0.4, -0.2) is 30.1 Å². The van der Waals surface area contributed by atoms with Gasteiger partial charge in [-0.1, -0.05) is 0 Å². The number of ether oxygens (including phenoxy) is 1. The molecule has 0 saturated carbocycles. The first kappa shape index (κ1) is 18.8. The van der Waals surface area contributed by atoms with Crippen molar-refractivity contribution < 1.29 is 9.53 Å². The van der Waals surface area contributed by atoms with E-state index in [1.165, 1.54) is 0 Å². The van der Waals surface area contributed by atoms with E-state index >= 15 is 0 Å². The Morgan fingerprint density at radius 2 is 1.94 bits per heavy atom. The van der Waals surface area contributed by atoms with E-state index < -0.39 is 5.60 Å². The van der Waals surface area contributed by atoms with Crippen LogP contribution in [0.3, 0.4) is 0 Å². The molecule has 0 heterocycles. The zero-order chi connectivity index (χ0) is 12.8. The first-order valence-electron chi connectivity index (χ1n) is 5.49. The topological polar surface area (TPSA) is 76.7 Å². The number of halogens is 1. The highest BCUT2D eigenvalue weighted by atomic mass is 127. The van der Waals surface area contributed by atoms with Gasteiger partial charge in [0.25, 0.3) is 0 Å². The van der Waals surface area contributed by atoms with Gasteiger partial charge in [-0.3, -0.25) is 9.79 Å². The van der Waals surface area contributed by atoms with Crippen LogP contribution in [0.15, 0.2) is 4.99 Å². The summed E-state index contributed by atoms with van der Waals surface area (Å²) in [6, 6.07) is 0.241. The summed E-state index contributed by atoms with van der Waals surface area (Å²) in [6.07, 6.45) is 0.248. The van der Waals surface area contributed by atoms with E-state index in [1.54, 1.807) is 0 Å². The smallest absolute Gasteiger partial charge is 0.308 e. The molecule has 5 nitrogen and oxygen atoms in total. The van der Waals surface area contributed by atoms with Gasteiger partial charge >= 0.3 is 5.97 Å². The van der Waals surface area contributed by atoms with E-state index in [9.17, 15) is 4.79 Å². The fourth-order valence-corrected chi connectivity index (χ4v) is 1.00. The number of nitrogens with two attached hydrogens (primary N) is 1. The van der Waals surface area contributed by atoms with Crippen molar-refractivity contribution in [3.05, 3.63) is 0 Å². The van der Waals surface area contributed by atoms with Crippen molar-refractivity contribution in [3.8, 4) is 0 Å². The maximum absolute atomic E-state index is 11.3. The largest absolute Gasteiger partial charge is 0.460 e. The Labute approximate surface area is 121 Å². The standard InChI is InChI=1S/C11H23N3O2.HI/c1-8(2)14-10(12)13-7-6-9(15)16-11(3,4)5;/h8H,6-7H2,1-5H3,(H3,12,13,14);1H. The number of guanidine groups is 1. The summed E-state index contributed by atoms with van der Waals surface area (Å²) < 4.78 is 5.13. The summed E-state index contributed by atoms with van der Waals surface area (Å²) in [5, 5.41) is 2.94. The third-order valence-electron chi connectivity index (χ3n) is 1.45. The highest BCUT2D eigenvalue weighted by Crippen LogP contribution is 2.07. The van der Waals surface area contributed by atoms with Gasteiger partial charge in [-0.15, -0.1) is 24.0 Å². The second-order valence-electron chi connectivity index (χ2n) is 4.90. The van der Waals surface area contributed by atoms with Crippen molar-refractivity contribution in [2.24, 2.45) is 10.7 Å². The first-order valence-corrected chi connectivity index (χ1v) is 5.49. The maximum atomic E-state index is 11.3. The number of hydrogen-bond acceptors (Lipinski definition) is 3. The number of aliphatic imine (C=N–C) groups is 1. The number of nitrogens with zero attached hydrogens (tertiary/aromatic N) is 1. The number of rotatable bonds is 4. The van der Waals surface area contributed by atoms with Gasteiger partial charge in [0.2, 0.25) is 0 Å². The maximum Gasteiger partial charge on any atom is 0.308 e. The zero-order valence-electron chi connectivity index (χ0n) is 11.2. The molecular weight excluding hydrogens is 333 g/mol. The highest BCUT2D eigenvalue weighted by molar-refractivity contribution is 14.0. The van der Waals surface area contributed by atoms with Gasteiger partial charge in [0.05, 0.1) is 13.0 Å². The molecule has 3 N–H and O–H groups in total. The Bertz CT molecular complexity index is 260. The van der Waals surface area contributed by atoms with E-state index in [1.807, 2.05) is 34.6 Å². The predicted octanol–water partition coefficient (Wildman–Crippen LogP) is 1.65. The summed E-state index contributed by atoms with van der Waals surface area (Å²) >= 11 is 0. The van der Waals surface area contributed by atoms with Gasteiger partial charge in [0.15, 0.2) is 5.96 Å². The van der Waals surface area contributed by atoms with Crippen LogP contribution in [0.5, 0.6) is 0 Å². The number of carbonyl (C=O) groups excluding carboxylic acids is 1. The van der Waals surface area contributed by atoms with Crippen LogP contribution in [0.1, 0.15) is 41.0 Å². The first-order chi connectivity index (χ1) is 7.20. The molecule has 0 atom stereocenters. The average molecular weight is 357 g/mol. The fourth-order valence-electron chi connectivity index (χ4n) is 1.00. The van der Waals surface area contributed by atoms with Crippen LogP contribution in [0.4, 0.5) is 0 Å². The van der Waals surface area contributed by atoms with Crippen molar-refractivity contribution in [1.82, 2.24) is 5.32 Å². The number of hydrogen-bond donors (Lipinski definition) is 2. The number of nitrogens with one attached hydrogen (secondary N) is 1. The molecule has 0 aromatic carbocycles. The van der Waals surface area contributed by atoms with Crippen LogP contribution in [0.25, 0.3) is 0 Å². The molecule has 0 bridgehead atoms. The minimum atomic E-state index is -0.442. The number of esters is 1. The Balaban J connectivity index is 0. The molecule has 6 heteroatoms. The van der Waals surface area contributed by atoms with Gasteiger partial charge in [-0.05, 0) is 34.6 Å². The molecule has 0 radical (unpaired) electrons. The summed E-state index contributed by atoms with van der Waals surface area (Å²) in [5.74, 6) is 0.104. The number of carbonyl (C=O) groups is 1. The van der Waals surface area contributed by atoms with Crippen LogP contribution in [0.2, 0.25) is 0 Å². The molecule has 0 aromatic heterocycles. The van der Waals surface area contributed by atoms with Gasteiger partial charge in [-0.25, -0.2) is 0 Å². The minimum absolute atomic E-state index is 0. The van der Waals surface area contributed by atoms with E-state index in [4.69, 9.17) is 10.5 Å². The molecule has 0 aliphatic rings. The lowest BCUT2D eigenvalue weighted by Crippen LogP contribution is -2.37. The summed E-state index contributed by atoms with van der Waals surface area (Å²) in [4.78, 5) is 15.3. The van der Waals surface area contributed by atoms with Crippen LogP contribution in [-0.2, 0) is 9.53 Å². The molecule has 0 spiro atoms. The van der Waals surface area contributed by atoms with E-state index in [2.05, 4.69) is 10.3 Å². The Hall–Kier alpha value is -0.530. The molecule has 0 aliphatic carbocycles. The molecule has 0 rings (SSSR count). The molecule has 0 aliphatic heterocycles. The van der Waals surface area contributed by atoms with Crippen LogP contribution < -0.4 is 11.1 Å². The van der Waals surface area contributed by atoms with Gasteiger partial charge in [0.1, 0.15) is 5.60 Å². The molecule has 0 fully saturated rings. The monoisotopic (exact) mass is 357 g/mol. The van der Waals surface area contributed by atoms with Crippen molar-refractivity contribution in [2.45, 2.75) is 52.7 Å². The highest BCUT2D eigenvalue weighted by Gasteiger charge is 2.15. The Morgan fingerprint density at radius 3 is 2.35 bits per heavy atom. The summed E-state index contributed by atoms with van der Waals surface area (Å²) in [7, 11) is 0. The second kappa shape index (κ2) is 8.54. The fraction of sp³-hybridized carbons (Fsp3) is 0.818. The molecule has 0 amide bonds. The van der Waals surface area contributed by atoms with E-state index in [0.29, 0.717) is 12.5 Å². The molecular formula is C11H24IN3O2. The average Bonchev–Trinajstić information content (AvgIpc) is 1.98. The lowest BCUT2D eigenvalue weighted by Gasteiger charge is -2.19. The van der Waals surface area contributed by atoms with Crippen molar-refractivity contribution in [1.29, 1.82) is 0 Å². The molecule has 17 heavy (non-hydrogen) atoms. The zero-order valence-corrected chi connectivity index (χ0v) is 13.6. The Morgan fingerprint density at radius 1 is 1.41 bits per heavy atom. The van der Waals surface area contributed by atoms with Crippen LogP contribution in [0, 0.1) is 0 Å².